The van der Waals surface area contributed by atoms with Crippen molar-refractivity contribution in [3.63, 3.8) is 0 Å². The highest BCUT2D eigenvalue weighted by Gasteiger charge is 2.33. The van der Waals surface area contributed by atoms with Crippen LogP contribution in [0.3, 0.4) is 0 Å². The first kappa shape index (κ1) is 29.8. The maximum atomic E-state index is 14.0. The average Bonchev–Trinajstić information content (AvgIpc) is 2.89. The van der Waals surface area contributed by atoms with Crippen LogP contribution >= 0.6 is 0 Å². The van der Waals surface area contributed by atoms with Gasteiger partial charge in [-0.2, -0.15) is 0 Å². The van der Waals surface area contributed by atoms with Gasteiger partial charge < -0.3 is 10.2 Å². The zero-order valence-corrected chi connectivity index (χ0v) is 23.6. The molecule has 0 saturated carbocycles. The van der Waals surface area contributed by atoms with E-state index in [-0.39, 0.29) is 24.8 Å². The first-order chi connectivity index (χ1) is 18.5. The van der Waals surface area contributed by atoms with Crippen LogP contribution in [0.4, 0.5) is 10.1 Å². The van der Waals surface area contributed by atoms with Gasteiger partial charge in [0.05, 0.1) is 11.9 Å². The molecule has 39 heavy (non-hydrogen) atoms. The van der Waals surface area contributed by atoms with E-state index < -0.39 is 34.3 Å². The number of hydrogen-bond acceptors (Lipinski definition) is 4. The summed E-state index contributed by atoms with van der Waals surface area (Å²) in [6.45, 7) is 5.64. The molecule has 3 aromatic rings. The summed E-state index contributed by atoms with van der Waals surface area (Å²) in [5.41, 5.74) is 2.54. The molecule has 1 N–H and O–H groups in total. The van der Waals surface area contributed by atoms with E-state index in [2.05, 4.69) is 5.32 Å². The van der Waals surface area contributed by atoms with Crippen molar-refractivity contribution in [2.75, 3.05) is 23.7 Å². The monoisotopic (exact) mass is 553 g/mol. The van der Waals surface area contributed by atoms with Crippen LogP contribution in [0, 0.1) is 18.7 Å². The molecule has 9 heteroatoms. The summed E-state index contributed by atoms with van der Waals surface area (Å²) in [7, 11) is -3.84. The number of para-hydroxylation sites is 1. The number of carbonyl (C=O) groups is 2. The number of nitrogens with one attached hydrogen (secondary N) is 1. The zero-order chi connectivity index (χ0) is 28.6. The summed E-state index contributed by atoms with van der Waals surface area (Å²) in [5, 5.41) is 2.93. The Kier molecular flexibility index (Phi) is 10.2. The highest BCUT2D eigenvalue weighted by molar-refractivity contribution is 7.92. The first-order valence-electron chi connectivity index (χ1n) is 12.8. The fourth-order valence-corrected chi connectivity index (χ4v) is 5.11. The van der Waals surface area contributed by atoms with Gasteiger partial charge in [-0.1, -0.05) is 74.5 Å². The van der Waals surface area contributed by atoms with Gasteiger partial charge in [-0.3, -0.25) is 13.9 Å². The van der Waals surface area contributed by atoms with Gasteiger partial charge in [0.1, 0.15) is 18.4 Å². The maximum Gasteiger partial charge on any atom is 0.244 e. The van der Waals surface area contributed by atoms with E-state index in [0.717, 1.165) is 16.1 Å². The van der Waals surface area contributed by atoms with E-state index in [1.165, 1.54) is 17.0 Å². The lowest BCUT2D eigenvalue weighted by Gasteiger charge is -2.34. The van der Waals surface area contributed by atoms with Crippen LogP contribution in [0.15, 0.2) is 78.9 Å². The minimum absolute atomic E-state index is 0.00289. The van der Waals surface area contributed by atoms with Gasteiger partial charge in [-0.05, 0) is 47.7 Å². The Bertz CT molecular complexity index is 1360. The fourth-order valence-electron chi connectivity index (χ4n) is 4.20. The van der Waals surface area contributed by atoms with Crippen LogP contribution in [0.5, 0.6) is 0 Å². The molecule has 0 aliphatic rings. The molecule has 2 amide bonds. The molecule has 3 aromatic carbocycles. The molecule has 0 aromatic heterocycles. The molecule has 0 heterocycles. The van der Waals surface area contributed by atoms with E-state index in [1.54, 1.807) is 43.3 Å². The Labute approximate surface area is 230 Å². The smallest absolute Gasteiger partial charge is 0.244 e. The van der Waals surface area contributed by atoms with Crippen LogP contribution in [-0.2, 0) is 32.6 Å². The Hall–Kier alpha value is -3.72. The predicted octanol–water partition coefficient (Wildman–Crippen LogP) is 4.31. The lowest BCUT2D eigenvalue weighted by Crippen LogP contribution is -2.53. The number of halogens is 1. The van der Waals surface area contributed by atoms with Crippen molar-refractivity contribution in [1.82, 2.24) is 10.2 Å². The first-order valence-corrected chi connectivity index (χ1v) is 14.7. The van der Waals surface area contributed by atoms with Gasteiger partial charge in [0.2, 0.25) is 21.8 Å². The third kappa shape index (κ3) is 8.64. The largest absolute Gasteiger partial charge is 0.354 e. The Morgan fingerprint density at radius 1 is 0.897 bits per heavy atom. The number of nitrogens with zero attached hydrogens (tertiary/aromatic N) is 2. The maximum absolute atomic E-state index is 14.0. The van der Waals surface area contributed by atoms with E-state index in [4.69, 9.17) is 0 Å². The van der Waals surface area contributed by atoms with Crippen LogP contribution in [0.2, 0.25) is 0 Å². The normalized spacial score (nSPS) is 12.2. The standard InChI is InChI=1S/C30H36FN3O4S/c1-22(2)19-32-30(36)28(18-24-11-6-5-7-12-24)33(20-25-14-16-26(31)17-15-25)29(35)21-34(39(4,37)38)27-13-9-8-10-23(27)3/h5-17,22,28H,18-21H2,1-4H3,(H,32,36)/t28-/m0/s1. The Morgan fingerprint density at radius 2 is 1.51 bits per heavy atom. The van der Waals surface area contributed by atoms with Crippen molar-refractivity contribution in [1.29, 1.82) is 0 Å². The van der Waals surface area contributed by atoms with Crippen molar-refractivity contribution >= 4 is 27.5 Å². The topological polar surface area (TPSA) is 86.8 Å². The van der Waals surface area contributed by atoms with Crippen LogP contribution < -0.4 is 9.62 Å². The molecular weight excluding hydrogens is 517 g/mol. The number of carbonyl (C=O) groups excluding carboxylic acids is 2. The number of rotatable bonds is 12. The van der Waals surface area contributed by atoms with Gasteiger partial charge in [-0.15, -0.1) is 0 Å². The van der Waals surface area contributed by atoms with Gasteiger partial charge in [0.25, 0.3) is 0 Å². The summed E-state index contributed by atoms with van der Waals surface area (Å²) in [5.74, 6) is -1.12. The predicted molar refractivity (Wildman–Crippen MR) is 152 cm³/mol. The van der Waals surface area contributed by atoms with Crippen molar-refractivity contribution in [2.24, 2.45) is 5.92 Å². The van der Waals surface area contributed by atoms with E-state index >= 15 is 0 Å². The van der Waals surface area contributed by atoms with Gasteiger partial charge in [0, 0.05) is 19.5 Å². The van der Waals surface area contributed by atoms with E-state index in [1.807, 2.05) is 44.2 Å². The summed E-state index contributed by atoms with van der Waals surface area (Å²) in [4.78, 5) is 28.9. The molecule has 0 radical (unpaired) electrons. The second kappa shape index (κ2) is 13.4. The Balaban J connectivity index is 2.05. The minimum atomic E-state index is -3.84. The summed E-state index contributed by atoms with van der Waals surface area (Å²) in [6, 6.07) is 21.0. The summed E-state index contributed by atoms with van der Waals surface area (Å²) >= 11 is 0. The average molecular weight is 554 g/mol. The molecule has 0 spiro atoms. The van der Waals surface area contributed by atoms with Gasteiger partial charge in [-0.25, -0.2) is 12.8 Å². The van der Waals surface area contributed by atoms with Gasteiger partial charge >= 0.3 is 0 Å². The number of benzene rings is 3. The summed E-state index contributed by atoms with van der Waals surface area (Å²) < 4.78 is 40.4. The SMILES string of the molecule is Cc1ccccc1N(CC(=O)N(Cc1ccc(F)cc1)[C@@H](Cc1ccccc1)C(=O)NCC(C)C)S(C)(=O)=O. The van der Waals surface area contributed by atoms with Crippen LogP contribution in [0.25, 0.3) is 0 Å². The van der Waals surface area contributed by atoms with Crippen molar-refractivity contribution in [3.8, 4) is 0 Å². The highest BCUT2D eigenvalue weighted by atomic mass is 32.2. The minimum Gasteiger partial charge on any atom is -0.354 e. The fraction of sp³-hybridized carbons (Fsp3) is 0.333. The molecule has 0 aliphatic carbocycles. The number of aryl methyl sites for hydroxylation is 1. The molecule has 0 unspecified atom stereocenters. The molecule has 1 atom stereocenters. The Morgan fingerprint density at radius 3 is 2.10 bits per heavy atom. The molecule has 7 nitrogen and oxygen atoms in total. The number of sulfonamides is 1. The second-order valence-electron chi connectivity index (χ2n) is 10.0. The second-order valence-corrected chi connectivity index (χ2v) is 12.0. The third-order valence-corrected chi connectivity index (χ3v) is 7.41. The molecule has 0 fully saturated rings. The molecule has 0 aliphatic heterocycles. The molecule has 0 bridgehead atoms. The number of anilines is 1. The number of hydrogen-bond donors (Lipinski definition) is 1. The van der Waals surface area contributed by atoms with Gasteiger partial charge in [0.15, 0.2) is 0 Å². The number of amides is 2. The van der Waals surface area contributed by atoms with Crippen molar-refractivity contribution < 1.29 is 22.4 Å². The van der Waals surface area contributed by atoms with Crippen molar-refractivity contribution in [3.05, 3.63) is 101 Å². The molecule has 0 saturated heterocycles. The lowest BCUT2D eigenvalue weighted by atomic mass is 10.0. The van der Waals surface area contributed by atoms with Crippen LogP contribution in [0.1, 0.15) is 30.5 Å². The molecule has 3 rings (SSSR count). The summed E-state index contributed by atoms with van der Waals surface area (Å²) in [6.07, 6.45) is 1.27. The molecular formula is C30H36FN3O4S. The highest BCUT2D eigenvalue weighted by Crippen LogP contribution is 2.23. The van der Waals surface area contributed by atoms with Crippen molar-refractivity contribution in [2.45, 2.75) is 39.8 Å². The van der Waals surface area contributed by atoms with Crippen LogP contribution in [-0.4, -0.2) is 50.5 Å². The molecule has 208 valence electrons. The van der Waals surface area contributed by atoms with E-state index in [0.29, 0.717) is 23.4 Å². The quantitative estimate of drug-likeness (QED) is 0.362. The third-order valence-electron chi connectivity index (χ3n) is 6.29. The zero-order valence-electron chi connectivity index (χ0n) is 22.8. The van der Waals surface area contributed by atoms with E-state index in [9.17, 15) is 22.4 Å². The lowest BCUT2D eigenvalue weighted by molar-refractivity contribution is -0.140.